The van der Waals surface area contributed by atoms with Crippen LogP contribution in [-0.4, -0.2) is 44.0 Å². The second kappa shape index (κ2) is 7.36. The number of Topliss-reactive ketones (excluding diaryl/α,β-unsaturated/α-hetero) is 1. The number of rotatable bonds is 7. The second-order valence-electron chi connectivity index (χ2n) is 4.99. The van der Waals surface area contributed by atoms with E-state index in [1.807, 2.05) is 25.8 Å². The largest absolute Gasteiger partial charge is 0.383 e. The lowest BCUT2D eigenvalue weighted by molar-refractivity contribution is 0.0819. The number of hydrogen-bond donors (Lipinski definition) is 0. The molecule has 0 amide bonds. The minimum atomic E-state index is -0.452. The molecule has 19 heavy (non-hydrogen) atoms. The van der Waals surface area contributed by atoms with Gasteiger partial charge in [-0.1, -0.05) is 19.1 Å². The second-order valence-corrected chi connectivity index (χ2v) is 4.99. The third kappa shape index (κ3) is 4.40. The Morgan fingerprint density at radius 2 is 2.00 bits per heavy atom. The molecule has 0 radical (unpaired) electrons. The van der Waals surface area contributed by atoms with Crippen LogP contribution in [0.1, 0.15) is 24.2 Å². The lowest BCUT2D eigenvalue weighted by Crippen LogP contribution is -2.37. The van der Waals surface area contributed by atoms with Crippen molar-refractivity contribution in [3.63, 3.8) is 0 Å². The number of benzene rings is 1. The minimum absolute atomic E-state index is 0.158. The molecule has 106 valence electrons. The average molecular weight is 267 g/mol. The van der Waals surface area contributed by atoms with Crippen molar-refractivity contribution in [2.75, 3.05) is 27.3 Å². The predicted octanol–water partition coefficient (Wildman–Crippen LogP) is 2.61. The SMILES string of the molecule is COCC(C)N(C)CC(C)C(=O)c1ccccc1F. The van der Waals surface area contributed by atoms with Crippen LogP contribution >= 0.6 is 0 Å². The van der Waals surface area contributed by atoms with Crippen LogP contribution in [0.4, 0.5) is 4.39 Å². The van der Waals surface area contributed by atoms with Crippen LogP contribution < -0.4 is 0 Å². The molecule has 0 spiro atoms. The van der Waals surface area contributed by atoms with E-state index in [-0.39, 0.29) is 23.3 Å². The lowest BCUT2D eigenvalue weighted by Gasteiger charge is -2.26. The van der Waals surface area contributed by atoms with Gasteiger partial charge in [0.1, 0.15) is 5.82 Å². The van der Waals surface area contributed by atoms with E-state index in [9.17, 15) is 9.18 Å². The fourth-order valence-electron chi connectivity index (χ4n) is 1.99. The van der Waals surface area contributed by atoms with E-state index in [0.29, 0.717) is 13.2 Å². The molecule has 0 aliphatic carbocycles. The molecule has 3 nitrogen and oxygen atoms in total. The van der Waals surface area contributed by atoms with Crippen molar-refractivity contribution in [3.05, 3.63) is 35.6 Å². The molecule has 1 aromatic rings. The Labute approximate surface area is 114 Å². The Balaban J connectivity index is 2.66. The summed E-state index contributed by atoms with van der Waals surface area (Å²) in [7, 11) is 3.59. The highest BCUT2D eigenvalue weighted by Crippen LogP contribution is 2.14. The van der Waals surface area contributed by atoms with Gasteiger partial charge in [-0.2, -0.15) is 0 Å². The summed E-state index contributed by atoms with van der Waals surface area (Å²) >= 11 is 0. The Hall–Kier alpha value is -1.26. The third-order valence-electron chi connectivity index (χ3n) is 3.31. The van der Waals surface area contributed by atoms with E-state index in [1.54, 1.807) is 19.2 Å². The molecule has 0 aliphatic heterocycles. The summed E-state index contributed by atoms with van der Waals surface area (Å²) in [6, 6.07) is 6.34. The van der Waals surface area contributed by atoms with E-state index >= 15 is 0 Å². The van der Waals surface area contributed by atoms with Gasteiger partial charge in [0.2, 0.25) is 0 Å². The number of methoxy groups -OCH3 is 1. The van der Waals surface area contributed by atoms with E-state index in [4.69, 9.17) is 4.74 Å². The zero-order valence-corrected chi connectivity index (χ0v) is 12.0. The van der Waals surface area contributed by atoms with Gasteiger partial charge in [0, 0.05) is 25.6 Å². The fraction of sp³-hybridized carbons (Fsp3) is 0.533. The maximum absolute atomic E-state index is 13.6. The summed E-state index contributed by atoms with van der Waals surface area (Å²) < 4.78 is 18.6. The van der Waals surface area contributed by atoms with Gasteiger partial charge in [0.15, 0.2) is 5.78 Å². The highest BCUT2D eigenvalue weighted by Gasteiger charge is 2.21. The molecule has 4 heteroatoms. The highest BCUT2D eigenvalue weighted by molar-refractivity contribution is 5.98. The number of halogens is 1. The monoisotopic (exact) mass is 267 g/mol. The topological polar surface area (TPSA) is 29.5 Å². The molecule has 0 aromatic heterocycles. The molecule has 1 aromatic carbocycles. The molecule has 1 rings (SSSR count). The number of carbonyl (C=O) groups is 1. The summed E-state index contributed by atoms with van der Waals surface area (Å²) in [6.07, 6.45) is 0. The van der Waals surface area contributed by atoms with Crippen molar-refractivity contribution in [3.8, 4) is 0 Å². The van der Waals surface area contributed by atoms with Crippen LogP contribution in [0.3, 0.4) is 0 Å². The molecular formula is C15H22FNO2. The Bertz CT molecular complexity index is 422. The van der Waals surface area contributed by atoms with Crippen LogP contribution in [0.15, 0.2) is 24.3 Å². The van der Waals surface area contributed by atoms with E-state index in [0.717, 1.165) is 0 Å². The quantitative estimate of drug-likeness (QED) is 0.711. The first-order valence-electron chi connectivity index (χ1n) is 6.45. The van der Waals surface area contributed by atoms with Gasteiger partial charge in [-0.05, 0) is 26.1 Å². The molecular weight excluding hydrogens is 245 g/mol. The van der Waals surface area contributed by atoms with Gasteiger partial charge in [-0.25, -0.2) is 4.39 Å². The van der Waals surface area contributed by atoms with Crippen LogP contribution in [0, 0.1) is 11.7 Å². The highest BCUT2D eigenvalue weighted by atomic mass is 19.1. The number of hydrogen-bond acceptors (Lipinski definition) is 3. The van der Waals surface area contributed by atoms with Crippen molar-refractivity contribution in [1.82, 2.24) is 4.90 Å². The summed E-state index contributed by atoms with van der Waals surface area (Å²) in [5, 5.41) is 0. The Kier molecular flexibility index (Phi) is 6.12. The maximum Gasteiger partial charge on any atom is 0.169 e. The van der Waals surface area contributed by atoms with Gasteiger partial charge >= 0.3 is 0 Å². The van der Waals surface area contributed by atoms with E-state index < -0.39 is 5.82 Å². The van der Waals surface area contributed by atoms with Gasteiger partial charge < -0.3 is 9.64 Å². The number of ether oxygens (including phenoxy) is 1. The van der Waals surface area contributed by atoms with Crippen molar-refractivity contribution in [2.45, 2.75) is 19.9 Å². The Morgan fingerprint density at radius 1 is 1.37 bits per heavy atom. The standard InChI is InChI=1S/C15H22FNO2/c1-11(9-17(3)12(2)10-19-4)15(18)13-7-5-6-8-14(13)16/h5-8,11-12H,9-10H2,1-4H3. The smallest absolute Gasteiger partial charge is 0.169 e. The van der Waals surface area contributed by atoms with Gasteiger partial charge in [-0.3, -0.25) is 4.79 Å². The maximum atomic E-state index is 13.6. The van der Waals surface area contributed by atoms with E-state index in [1.165, 1.54) is 12.1 Å². The molecule has 0 saturated heterocycles. The average Bonchev–Trinajstić information content (AvgIpc) is 2.38. The van der Waals surface area contributed by atoms with Crippen LogP contribution in [0.2, 0.25) is 0 Å². The lowest BCUT2D eigenvalue weighted by atomic mass is 9.98. The zero-order valence-electron chi connectivity index (χ0n) is 12.0. The third-order valence-corrected chi connectivity index (χ3v) is 3.31. The molecule has 0 N–H and O–H groups in total. The normalized spacial score (nSPS) is 14.4. The van der Waals surface area contributed by atoms with Crippen LogP contribution in [-0.2, 0) is 4.74 Å². The predicted molar refractivity (Wildman–Crippen MR) is 73.9 cm³/mol. The minimum Gasteiger partial charge on any atom is -0.383 e. The number of likely N-dealkylation sites (N-methyl/N-ethyl adjacent to an activating group) is 1. The van der Waals surface area contributed by atoms with Crippen LogP contribution in [0.5, 0.6) is 0 Å². The number of nitrogens with zero attached hydrogens (tertiary/aromatic N) is 1. The number of ketones is 1. The molecule has 2 unspecified atom stereocenters. The molecule has 0 aliphatic rings. The first-order chi connectivity index (χ1) is 8.97. The van der Waals surface area contributed by atoms with Gasteiger partial charge in [-0.15, -0.1) is 0 Å². The fourth-order valence-corrected chi connectivity index (χ4v) is 1.99. The molecule has 0 bridgehead atoms. The molecule has 0 fully saturated rings. The summed E-state index contributed by atoms with van der Waals surface area (Å²) in [6.45, 7) is 5.05. The van der Waals surface area contributed by atoms with Crippen molar-refractivity contribution in [1.29, 1.82) is 0 Å². The van der Waals surface area contributed by atoms with Gasteiger partial charge in [0.25, 0.3) is 0 Å². The van der Waals surface area contributed by atoms with Crippen LogP contribution in [0.25, 0.3) is 0 Å². The summed E-state index contributed by atoms with van der Waals surface area (Å²) in [5.41, 5.74) is 0.169. The van der Waals surface area contributed by atoms with Gasteiger partial charge in [0.05, 0.1) is 12.2 Å². The summed E-state index contributed by atoms with van der Waals surface area (Å²) in [5.74, 6) is -0.859. The molecule has 0 saturated carbocycles. The van der Waals surface area contributed by atoms with Crippen molar-refractivity contribution < 1.29 is 13.9 Å². The van der Waals surface area contributed by atoms with Crippen molar-refractivity contribution in [2.24, 2.45) is 5.92 Å². The number of carbonyl (C=O) groups excluding carboxylic acids is 1. The molecule has 0 heterocycles. The van der Waals surface area contributed by atoms with Crippen molar-refractivity contribution >= 4 is 5.78 Å². The van der Waals surface area contributed by atoms with E-state index in [2.05, 4.69) is 0 Å². The molecule has 2 atom stereocenters. The first kappa shape index (κ1) is 15.8. The Morgan fingerprint density at radius 3 is 2.58 bits per heavy atom. The first-order valence-corrected chi connectivity index (χ1v) is 6.45. The summed E-state index contributed by atoms with van der Waals surface area (Å²) in [4.78, 5) is 14.2. The zero-order chi connectivity index (χ0) is 14.4.